The summed E-state index contributed by atoms with van der Waals surface area (Å²) in [6.45, 7) is 1.60. The second-order valence-corrected chi connectivity index (χ2v) is 3.06. The van der Waals surface area contributed by atoms with Gasteiger partial charge in [0.2, 0.25) is 0 Å². The van der Waals surface area contributed by atoms with Gasteiger partial charge in [-0.2, -0.15) is 0 Å². The minimum atomic E-state index is -1.51. The van der Waals surface area contributed by atoms with Crippen LogP contribution in [0.5, 0.6) is 0 Å². The van der Waals surface area contributed by atoms with E-state index in [2.05, 4.69) is 15.4 Å². The molecule has 0 aromatic heterocycles. The molecule has 0 aliphatic carbocycles. The van der Waals surface area contributed by atoms with Crippen LogP contribution in [-0.4, -0.2) is 54.0 Å². The first kappa shape index (κ1) is 15.2. The van der Waals surface area contributed by atoms with Crippen molar-refractivity contribution in [3.63, 3.8) is 0 Å². The molecule has 0 unspecified atom stereocenters. The van der Waals surface area contributed by atoms with E-state index in [1.54, 1.807) is 6.92 Å². The van der Waals surface area contributed by atoms with Crippen LogP contribution >= 0.6 is 0 Å². The van der Waals surface area contributed by atoms with E-state index in [1.807, 2.05) is 0 Å². The maximum atomic E-state index is 11.0. The number of carboxylic acids is 1. The van der Waals surface area contributed by atoms with Gasteiger partial charge in [0.25, 0.3) is 0 Å². The number of hydrogen-bond donors (Lipinski definition) is 4. The average molecular weight is 248 g/mol. The molecule has 0 spiro atoms. The Hall–Kier alpha value is -1.83. The van der Waals surface area contributed by atoms with Crippen molar-refractivity contribution in [1.29, 1.82) is 0 Å². The predicted molar refractivity (Wildman–Crippen MR) is 56.3 cm³/mol. The fourth-order valence-corrected chi connectivity index (χ4v) is 0.873. The number of carbonyl (C=O) groups is 3. The third-order valence-electron chi connectivity index (χ3n) is 1.69. The molecule has 2 amide bonds. The fourth-order valence-electron chi connectivity index (χ4n) is 0.873. The van der Waals surface area contributed by atoms with Gasteiger partial charge in [-0.1, -0.05) is 0 Å². The van der Waals surface area contributed by atoms with Gasteiger partial charge in [-0.05, 0) is 6.92 Å². The van der Waals surface area contributed by atoms with Gasteiger partial charge in [0.1, 0.15) is 6.54 Å². The lowest BCUT2D eigenvalue weighted by Crippen LogP contribution is -2.40. The quantitative estimate of drug-likeness (QED) is 0.414. The summed E-state index contributed by atoms with van der Waals surface area (Å²) in [5, 5.41) is 21.7. The molecule has 0 aromatic rings. The largest absolute Gasteiger partial charge is 0.479 e. The molecule has 0 bridgehead atoms. The molecular formula is C9H16N2O6. The van der Waals surface area contributed by atoms with Crippen molar-refractivity contribution in [2.24, 2.45) is 0 Å². The van der Waals surface area contributed by atoms with Crippen LogP contribution in [0.3, 0.4) is 0 Å². The summed E-state index contributed by atoms with van der Waals surface area (Å²) in [6.07, 6.45) is -1.62. The van der Waals surface area contributed by atoms with Gasteiger partial charge >= 0.3 is 18.0 Å². The molecule has 0 aromatic carbocycles. The zero-order valence-corrected chi connectivity index (χ0v) is 9.43. The predicted octanol–water partition coefficient (Wildman–Crippen LogP) is -1.32. The number of ether oxygens (including phenoxy) is 1. The van der Waals surface area contributed by atoms with Crippen LogP contribution in [0.25, 0.3) is 0 Å². The number of carboxylic acid groups (broad SMARTS) is 1. The molecule has 0 heterocycles. The lowest BCUT2D eigenvalue weighted by atomic mass is 10.2. The molecule has 0 aliphatic heterocycles. The molecule has 4 N–H and O–H groups in total. The molecule has 1 atom stereocenters. The smallest absolute Gasteiger partial charge is 0.332 e. The van der Waals surface area contributed by atoms with Gasteiger partial charge in [0.15, 0.2) is 6.10 Å². The number of aliphatic carboxylic acids is 1. The maximum absolute atomic E-state index is 11.0. The monoisotopic (exact) mass is 248 g/mol. The summed E-state index contributed by atoms with van der Waals surface area (Å²) in [6, 6.07) is -0.629. The molecular weight excluding hydrogens is 232 g/mol. The molecule has 0 saturated heterocycles. The van der Waals surface area contributed by atoms with Crippen molar-refractivity contribution in [2.75, 3.05) is 19.7 Å². The number of esters is 1. The lowest BCUT2D eigenvalue weighted by Gasteiger charge is -2.08. The van der Waals surface area contributed by atoms with Crippen LogP contribution in [0.15, 0.2) is 0 Å². The van der Waals surface area contributed by atoms with E-state index in [0.29, 0.717) is 0 Å². The summed E-state index contributed by atoms with van der Waals surface area (Å²) in [7, 11) is 0. The zero-order valence-electron chi connectivity index (χ0n) is 9.43. The molecule has 0 saturated carbocycles. The third kappa shape index (κ3) is 8.03. The van der Waals surface area contributed by atoms with E-state index < -0.39 is 24.1 Å². The number of amides is 2. The molecule has 17 heavy (non-hydrogen) atoms. The normalized spacial score (nSPS) is 11.4. The van der Waals surface area contributed by atoms with Crippen molar-refractivity contribution < 1.29 is 29.3 Å². The van der Waals surface area contributed by atoms with Gasteiger partial charge in [-0.25, -0.2) is 9.59 Å². The SMILES string of the molecule is CCOC(=O)CNC(=O)NCC[C@H](O)C(=O)O. The Labute approximate surface area is 97.9 Å². The van der Waals surface area contributed by atoms with Crippen molar-refractivity contribution in [1.82, 2.24) is 10.6 Å². The van der Waals surface area contributed by atoms with Crippen molar-refractivity contribution in [2.45, 2.75) is 19.4 Å². The summed E-state index contributed by atoms with van der Waals surface area (Å²) >= 11 is 0. The summed E-state index contributed by atoms with van der Waals surface area (Å²) in [5.41, 5.74) is 0. The minimum Gasteiger partial charge on any atom is -0.479 e. The van der Waals surface area contributed by atoms with Crippen LogP contribution in [0.1, 0.15) is 13.3 Å². The highest BCUT2D eigenvalue weighted by Gasteiger charge is 2.13. The topological polar surface area (TPSA) is 125 Å². The third-order valence-corrected chi connectivity index (χ3v) is 1.69. The van der Waals surface area contributed by atoms with E-state index >= 15 is 0 Å². The summed E-state index contributed by atoms with van der Waals surface area (Å²) in [5.74, 6) is -1.91. The summed E-state index contributed by atoms with van der Waals surface area (Å²) < 4.78 is 4.57. The molecule has 0 rings (SSSR count). The number of carbonyl (C=O) groups excluding carboxylic acids is 2. The lowest BCUT2D eigenvalue weighted by molar-refractivity contribution is -0.146. The maximum Gasteiger partial charge on any atom is 0.332 e. The standard InChI is InChI=1S/C9H16N2O6/c1-2-17-7(13)5-11-9(16)10-4-3-6(12)8(14)15/h6,12H,2-5H2,1H3,(H,14,15)(H2,10,11,16)/t6-/m0/s1. The highest BCUT2D eigenvalue weighted by atomic mass is 16.5. The first-order valence-electron chi connectivity index (χ1n) is 5.05. The Morgan fingerprint density at radius 3 is 2.47 bits per heavy atom. The molecule has 0 radical (unpaired) electrons. The van der Waals surface area contributed by atoms with Gasteiger partial charge < -0.3 is 25.6 Å². The number of nitrogens with one attached hydrogen (secondary N) is 2. The van der Waals surface area contributed by atoms with E-state index in [-0.39, 0.29) is 26.1 Å². The van der Waals surface area contributed by atoms with E-state index in [1.165, 1.54) is 0 Å². The molecule has 8 nitrogen and oxygen atoms in total. The number of aliphatic hydroxyl groups excluding tert-OH is 1. The highest BCUT2D eigenvalue weighted by Crippen LogP contribution is 1.88. The number of hydrogen-bond acceptors (Lipinski definition) is 5. The van der Waals surface area contributed by atoms with E-state index in [9.17, 15) is 14.4 Å². The van der Waals surface area contributed by atoms with Crippen molar-refractivity contribution in [3.8, 4) is 0 Å². The fraction of sp³-hybridized carbons (Fsp3) is 0.667. The Balaban J connectivity index is 3.60. The van der Waals surface area contributed by atoms with Crippen molar-refractivity contribution in [3.05, 3.63) is 0 Å². The van der Waals surface area contributed by atoms with Gasteiger partial charge in [-0.3, -0.25) is 4.79 Å². The first-order valence-corrected chi connectivity index (χ1v) is 5.05. The van der Waals surface area contributed by atoms with E-state index in [4.69, 9.17) is 10.2 Å². The van der Waals surface area contributed by atoms with Gasteiger partial charge in [0.05, 0.1) is 6.61 Å². The Morgan fingerprint density at radius 2 is 1.94 bits per heavy atom. The van der Waals surface area contributed by atoms with Crippen LogP contribution in [-0.2, 0) is 14.3 Å². The molecule has 0 aliphatic rings. The number of urea groups is 1. The minimum absolute atomic E-state index is 0.0118. The molecule has 98 valence electrons. The first-order chi connectivity index (χ1) is 7.97. The highest BCUT2D eigenvalue weighted by molar-refractivity contribution is 5.80. The van der Waals surface area contributed by atoms with E-state index in [0.717, 1.165) is 0 Å². The molecule has 8 heteroatoms. The Morgan fingerprint density at radius 1 is 1.29 bits per heavy atom. The summed E-state index contributed by atoms with van der Waals surface area (Å²) in [4.78, 5) is 32.1. The van der Waals surface area contributed by atoms with Crippen LogP contribution in [0, 0.1) is 0 Å². The molecule has 0 fully saturated rings. The Bertz CT molecular complexity index is 281. The number of aliphatic hydroxyl groups is 1. The van der Waals surface area contributed by atoms with Crippen LogP contribution < -0.4 is 10.6 Å². The van der Waals surface area contributed by atoms with Crippen molar-refractivity contribution >= 4 is 18.0 Å². The second kappa shape index (κ2) is 8.34. The van der Waals surface area contributed by atoms with Gasteiger partial charge in [0, 0.05) is 13.0 Å². The van der Waals surface area contributed by atoms with Crippen LogP contribution in [0.2, 0.25) is 0 Å². The Kier molecular flexibility index (Phi) is 7.44. The average Bonchev–Trinajstić information content (AvgIpc) is 2.26. The van der Waals surface area contributed by atoms with Gasteiger partial charge in [-0.15, -0.1) is 0 Å². The second-order valence-electron chi connectivity index (χ2n) is 3.06. The zero-order chi connectivity index (χ0) is 13.3. The number of rotatable bonds is 7. The van der Waals surface area contributed by atoms with Crippen LogP contribution in [0.4, 0.5) is 4.79 Å².